The molecule has 4 heteroatoms. The van der Waals surface area contributed by atoms with Crippen LogP contribution in [0.3, 0.4) is 0 Å². The molecular weight excluding hydrogens is 304 g/mol. The molecule has 0 fully saturated rings. The number of carbonyl (C=O) groups is 1. The van der Waals surface area contributed by atoms with Crippen LogP contribution in [0.4, 0.5) is 0 Å². The quantitative estimate of drug-likeness (QED) is 0.809. The summed E-state index contributed by atoms with van der Waals surface area (Å²) in [5.74, 6) is 0.0807. The highest BCUT2D eigenvalue weighted by Crippen LogP contribution is 2.24. The van der Waals surface area contributed by atoms with E-state index in [9.17, 15) is 4.79 Å². The number of halogens is 1. The Morgan fingerprint density at radius 3 is 2.32 bits per heavy atom. The summed E-state index contributed by atoms with van der Waals surface area (Å²) < 4.78 is 1.07. The molecule has 1 rings (SSSR count). The average molecular weight is 327 g/mol. The van der Waals surface area contributed by atoms with Crippen molar-refractivity contribution in [3.63, 3.8) is 0 Å². The fraction of sp³-hybridized carbons (Fsp3) is 0.533. The Morgan fingerprint density at radius 2 is 1.84 bits per heavy atom. The van der Waals surface area contributed by atoms with Crippen LogP contribution in [0.15, 0.2) is 28.7 Å². The normalized spacial score (nSPS) is 11.4. The van der Waals surface area contributed by atoms with E-state index in [4.69, 9.17) is 5.73 Å². The molecule has 0 unspecified atom stereocenters. The Bertz CT molecular complexity index is 391. The summed E-state index contributed by atoms with van der Waals surface area (Å²) in [7, 11) is 0. The van der Waals surface area contributed by atoms with Gasteiger partial charge in [0.25, 0.3) is 0 Å². The van der Waals surface area contributed by atoms with E-state index in [0.717, 1.165) is 23.7 Å². The maximum absolute atomic E-state index is 12.2. The largest absolute Gasteiger partial charge is 0.355 e. The Hall–Kier alpha value is -0.870. The molecule has 0 saturated heterocycles. The van der Waals surface area contributed by atoms with E-state index in [2.05, 4.69) is 33.4 Å². The summed E-state index contributed by atoms with van der Waals surface area (Å²) in [4.78, 5) is 12.2. The topological polar surface area (TPSA) is 55.1 Å². The lowest BCUT2D eigenvalue weighted by atomic mass is 9.81. The van der Waals surface area contributed by atoms with Gasteiger partial charge >= 0.3 is 0 Å². The Balaban J connectivity index is 2.48. The van der Waals surface area contributed by atoms with Crippen molar-refractivity contribution in [1.29, 1.82) is 0 Å². The van der Waals surface area contributed by atoms with Gasteiger partial charge in [-0.25, -0.2) is 0 Å². The molecule has 106 valence electrons. The van der Waals surface area contributed by atoms with Gasteiger partial charge in [0, 0.05) is 17.6 Å². The van der Waals surface area contributed by atoms with E-state index in [0.29, 0.717) is 13.1 Å². The van der Waals surface area contributed by atoms with E-state index in [1.165, 1.54) is 5.56 Å². The van der Waals surface area contributed by atoms with Crippen LogP contribution >= 0.6 is 15.9 Å². The lowest BCUT2D eigenvalue weighted by Gasteiger charge is -2.28. The van der Waals surface area contributed by atoms with Crippen molar-refractivity contribution in [2.45, 2.75) is 33.1 Å². The molecule has 3 nitrogen and oxygen atoms in total. The van der Waals surface area contributed by atoms with Gasteiger partial charge in [0.15, 0.2) is 0 Å². The zero-order valence-electron chi connectivity index (χ0n) is 11.7. The standard InChI is InChI=1S/C15H23BrN2O/c1-3-15(4-2,11-17)14(19)18-10-9-12-5-7-13(16)8-6-12/h5-8H,3-4,9-11,17H2,1-2H3,(H,18,19). The molecule has 1 amide bonds. The lowest BCUT2D eigenvalue weighted by molar-refractivity contribution is -0.131. The maximum Gasteiger partial charge on any atom is 0.227 e. The number of nitrogens with one attached hydrogen (secondary N) is 1. The van der Waals surface area contributed by atoms with Crippen LogP contribution < -0.4 is 11.1 Å². The van der Waals surface area contributed by atoms with Gasteiger partial charge in [0.1, 0.15) is 0 Å². The summed E-state index contributed by atoms with van der Waals surface area (Å²) >= 11 is 3.41. The van der Waals surface area contributed by atoms with Crippen LogP contribution in [-0.2, 0) is 11.2 Å². The van der Waals surface area contributed by atoms with E-state index in [-0.39, 0.29) is 5.91 Å². The van der Waals surface area contributed by atoms with E-state index in [1.54, 1.807) is 0 Å². The van der Waals surface area contributed by atoms with Gasteiger partial charge in [-0.1, -0.05) is 41.9 Å². The minimum absolute atomic E-state index is 0.0807. The highest BCUT2D eigenvalue weighted by molar-refractivity contribution is 9.10. The highest BCUT2D eigenvalue weighted by atomic mass is 79.9. The molecule has 19 heavy (non-hydrogen) atoms. The third-order valence-electron chi connectivity index (χ3n) is 3.84. The Labute approximate surface area is 124 Å². The number of hydrogen-bond acceptors (Lipinski definition) is 2. The first kappa shape index (κ1) is 16.2. The SMILES string of the molecule is CCC(CC)(CN)C(=O)NCCc1ccc(Br)cc1. The van der Waals surface area contributed by atoms with E-state index < -0.39 is 5.41 Å². The van der Waals surface area contributed by atoms with Gasteiger partial charge in [-0.3, -0.25) is 4.79 Å². The molecule has 0 aliphatic rings. The van der Waals surface area contributed by atoms with Gasteiger partial charge in [-0.05, 0) is 37.0 Å². The van der Waals surface area contributed by atoms with Gasteiger partial charge in [-0.2, -0.15) is 0 Å². The molecule has 0 aromatic heterocycles. The third-order valence-corrected chi connectivity index (χ3v) is 4.37. The molecule has 0 aliphatic carbocycles. The highest BCUT2D eigenvalue weighted by Gasteiger charge is 2.32. The van der Waals surface area contributed by atoms with Crippen molar-refractivity contribution >= 4 is 21.8 Å². The van der Waals surface area contributed by atoms with Crippen LogP contribution in [0.5, 0.6) is 0 Å². The number of carbonyl (C=O) groups excluding carboxylic acids is 1. The molecular formula is C15H23BrN2O. The first-order chi connectivity index (χ1) is 9.07. The van der Waals surface area contributed by atoms with E-state index in [1.807, 2.05) is 26.0 Å². The second-order valence-electron chi connectivity index (χ2n) is 4.82. The summed E-state index contributed by atoms with van der Waals surface area (Å²) in [6.07, 6.45) is 2.40. The average Bonchev–Trinajstić information content (AvgIpc) is 2.44. The molecule has 1 aromatic carbocycles. The molecule has 0 radical (unpaired) electrons. The molecule has 0 bridgehead atoms. The van der Waals surface area contributed by atoms with Crippen molar-refractivity contribution < 1.29 is 4.79 Å². The van der Waals surface area contributed by atoms with Gasteiger partial charge in [0.2, 0.25) is 5.91 Å². The number of amides is 1. The second kappa shape index (κ2) is 7.65. The lowest BCUT2D eigenvalue weighted by Crippen LogP contribution is -2.45. The third kappa shape index (κ3) is 4.32. The molecule has 0 spiro atoms. The smallest absolute Gasteiger partial charge is 0.227 e. The monoisotopic (exact) mass is 326 g/mol. The van der Waals surface area contributed by atoms with Crippen LogP contribution in [0.25, 0.3) is 0 Å². The Morgan fingerprint density at radius 1 is 1.26 bits per heavy atom. The molecule has 0 saturated carbocycles. The van der Waals surface area contributed by atoms with Crippen LogP contribution in [-0.4, -0.2) is 19.0 Å². The summed E-state index contributed by atoms with van der Waals surface area (Å²) in [5, 5.41) is 3.01. The number of nitrogens with two attached hydrogens (primary N) is 1. The van der Waals surface area contributed by atoms with Crippen LogP contribution in [0, 0.1) is 5.41 Å². The minimum Gasteiger partial charge on any atom is -0.355 e. The number of rotatable bonds is 7. The molecule has 0 aliphatic heterocycles. The zero-order valence-corrected chi connectivity index (χ0v) is 13.3. The first-order valence-electron chi connectivity index (χ1n) is 6.80. The molecule has 1 aromatic rings. The minimum atomic E-state index is -0.403. The summed E-state index contributed by atoms with van der Waals surface area (Å²) in [5.41, 5.74) is 6.58. The zero-order chi connectivity index (χ0) is 14.3. The van der Waals surface area contributed by atoms with Crippen molar-refractivity contribution in [2.75, 3.05) is 13.1 Å². The van der Waals surface area contributed by atoms with E-state index >= 15 is 0 Å². The summed E-state index contributed by atoms with van der Waals surface area (Å²) in [6.45, 7) is 5.10. The molecule has 3 N–H and O–H groups in total. The molecule has 0 heterocycles. The fourth-order valence-electron chi connectivity index (χ4n) is 2.11. The predicted octanol–water partition coefficient (Wildman–Crippen LogP) is 2.87. The van der Waals surface area contributed by atoms with Crippen LogP contribution in [0.1, 0.15) is 32.3 Å². The Kier molecular flexibility index (Phi) is 6.52. The van der Waals surface area contributed by atoms with Crippen molar-refractivity contribution in [3.05, 3.63) is 34.3 Å². The second-order valence-corrected chi connectivity index (χ2v) is 5.74. The first-order valence-corrected chi connectivity index (χ1v) is 7.60. The van der Waals surface area contributed by atoms with Crippen molar-refractivity contribution in [3.8, 4) is 0 Å². The van der Waals surface area contributed by atoms with Crippen molar-refractivity contribution in [2.24, 2.45) is 11.1 Å². The molecule has 0 atom stereocenters. The maximum atomic E-state index is 12.2. The predicted molar refractivity (Wildman–Crippen MR) is 82.9 cm³/mol. The van der Waals surface area contributed by atoms with Crippen molar-refractivity contribution in [1.82, 2.24) is 5.32 Å². The van der Waals surface area contributed by atoms with Crippen LogP contribution in [0.2, 0.25) is 0 Å². The summed E-state index contributed by atoms with van der Waals surface area (Å²) in [6, 6.07) is 8.15. The number of hydrogen-bond donors (Lipinski definition) is 2. The van der Waals surface area contributed by atoms with Gasteiger partial charge < -0.3 is 11.1 Å². The van der Waals surface area contributed by atoms with Gasteiger partial charge in [0.05, 0.1) is 5.41 Å². The van der Waals surface area contributed by atoms with Gasteiger partial charge in [-0.15, -0.1) is 0 Å². The fourth-order valence-corrected chi connectivity index (χ4v) is 2.38. The number of benzene rings is 1.